The predicted octanol–water partition coefficient (Wildman–Crippen LogP) is 3.88. The first-order valence-electron chi connectivity index (χ1n) is 3.99. The summed E-state index contributed by atoms with van der Waals surface area (Å²) in [7, 11) is 0. The van der Waals surface area contributed by atoms with Crippen LogP contribution in [-0.2, 0) is 12.4 Å². The SMILES string of the molecule is N#Cc1c(C(F)(F)F)cc(S)cc1C(F)(F)F. The van der Waals surface area contributed by atoms with Crippen molar-refractivity contribution in [3.8, 4) is 6.07 Å². The fourth-order valence-corrected chi connectivity index (χ4v) is 1.45. The fraction of sp³-hybridized carbons (Fsp3) is 0.222. The van der Waals surface area contributed by atoms with E-state index in [2.05, 4.69) is 12.6 Å². The molecule has 1 rings (SSSR count). The van der Waals surface area contributed by atoms with E-state index >= 15 is 0 Å². The lowest BCUT2D eigenvalue weighted by Crippen LogP contribution is -2.15. The molecule has 1 aromatic carbocycles. The highest BCUT2D eigenvalue weighted by Crippen LogP contribution is 2.40. The van der Waals surface area contributed by atoms with Crippen molar-refractivity contribution in [1.82, 2.24) is 0 Å². The van der Waals surface area contributed by atoms with Crippen molar-refractivity contribution in [2.75, 3.05) is 0 Å². The largest absolute Gasteiger partial charge is 0.417 e. The number of hydrogen-bond acceptors (Lipinski definition) is 2. The van der Waals surface area contributed by atoms with E-state index in [0.29, 0.717) is 12.1 Å². The number of alkyl halides is 6. The van der Waals surface area contributed by atoms with Crippen LogP contribution >= 0.6 is 12.6 Å². The normalized spacial score (nSPS) is 12.4. The molecule has 0 spiro atoms. The number of hydrogen-bond donors (Lipinski definition) is 1. The Bertz CT molecular complexity index is 447. The Morgan fingerprint density at radius 1 is 0.941 bits per heavy atom. The van der Waals surface area contributed by atoms with Crippen LogP contribution in [0.1, 0.15) is 16.7 Å². The Hall–Kier alpha value is -1.36. The highest BCUT2D eigenvalue weighted by Gasteiger charge is 2.41. The zero-order valence-corrected chi connectivity index (χ0v) is 8.71. The Balaban J connectivity index is 3.66. The third-order valence-corrected chi connectivity index (χ3v) is 2.10. The van der Waals surface area contributed by atoms with Crippen molar-refractivity contribution in [3.63, 3.8) is 0 Å². The van der Waals surface area contributed by atoms with Gasteiger partial charge in [-0.1, -0.05) is 0 Å². The molecule has 0 heterocycles. The standard InChI is InChI=1S/C9H3F6NS/c10-8(11,12)6-1-4(17)2-7(5(6)3-16)9(13,14)15/h1-2,17H. The van der Waals surface area contributed by atoms with Crippen molar-refractivity contribution < 1.29 is 26.3 Å². The van der Waals surface area contributed by atoms with Crippen LogP contribution in [0.3, 0.4) is 0 Å². The molecule has 1 nitrogen and oxygen atoms in total. The molecule has 0 N–H and O–H groups in total. The molecule has 8 heteroatoms. The van der Waals surface area contributed by atoms with Gasteiger partial charge in [0.15, 0.2) is 0 Å². The van der Waals surface area contributed by atoms with Gasteiger partial charge in [0.1, 0.15) is 6.07 Å². The molecule has 0 bridgehead atoms. The third-order valence-electron chi connectivity index (χ3n) is 1.85. The Morgan fingerprint density at radius 2 is 1.29 bits per heavy atom. The van der Waals surface area contributed by atoms with E-state index in [1.807, 2.05) is 0 Å². The van der Waals surface area contributed by atoms with E-state index in [-0.39, 0.29) is 0 Å². The molecule has 0 saturated carbocycles. The van der Waals surface area contributed by atoms with E-state index in [1.165, 1.54) is 0 Å². The smallest absolute Gasteiger partial charge is 0.192 e. The van der Waals surface area contributed by atoms with E-state index in [4.69, 9.17) is 5.26 Å². The van der Waals surface area contributed by atoms with Gasteiger partial charge in [-0.05, 0) is 12.1 Å². The van der Waals surface area contributed by atoms with Crippen LogP contribution in [0.5, 0.6) is 0 Å². The van der Waals surface area contributed by atoms with Gasteiger partial charge in [-0.2, -0.15) is 31.6 Å². The van der Waals surface area contributed by atoms with Crippen LogP contribution in [0.4, 0.5) is 26.3 Å². The molecule has 0 aromatic heterocycles. The van der Waals surface area contributed by atoms with E-state index in [9.17, 15) is 26.3 Å². The molecule has 0 amide bonds. The molecular formula is C9H3F6NS. The molecule has 0 unspecified atom stereocenters. The molecular weight excluding hydrogens is 268 g/mol. The molecule has 0 fully saturated rings. The average Bonchev–Trinajstić information content (AvgIpc) is 2.13. The monoisotopic (exact) mass is 271 g/mol. The zero-order chi connectivity index (χ0) is 13.4. The summed E-state index contributed by atoms with van der Waals surface area (Å²) in [4.78, 5) is -0.511. The highest BCUT2D eigenvalue weighted by atomic mass is 32.1. The van der Waals surface area contributed by atoms with Gasteiger partial charge in [-0.3, -0.25) is 0 Å². The van der Waals surface area contributed by atoms with Crippen LogP contribution in [0.25, 0.3) is 0 Å². The van der Waals surface area contributed by atoms with Crippen molar-refractivity contribution in [2.45, 2.75) is 17.2 Å². The minimum Gasteiger partial charge on any atom is -0.192 e. The van der Waals surface area contributed by atoms with Gasteiger partial charge >= 0.3 is 12.4 Å². The molecule has 17 heavy (non-hydrogen) atoms. The van der Waals surface area contributed by atoms with E-state index < -0.39 is 33.9 Å². The Kier molecular flexibility index (Phi) is 3.34. The number of halogens is 6. The van der Waals surface area contributed by atoms with Gasteiger partial charge < -0.3 is 0 Å². The van der Waals surface area contributed by atoms with Crippen LogP contribution in [0.2, 0.25) is 0 Å². The number of thiol groups is 1. The van der Waals surface area contributed by atoms with Gasteiger partial charge in [0.25, 0.3) is 0 Å². The molecule has 92 valence electrons. The van der Waals surface area contributed by atoms with Gasteiger partial charge in [0.2, 0.25) is 0 Å². The van der Waals surface area contributed by atoms with Crippen LogP contribution in [0, 0.1) is 11.3 Å². The van der Waals surface area contributed by atoms with Crippen molar-refractivity contribution in [2.24, 2.45) is 0 Å². The average molecular weight is 271 g/mol. The summed E-state index contributed by atoms with van der Waals surface area (Å²) in [5, 5.41) is 8.44. The van der Waals surface area contributed by atoms with Crippen molar-refractivity contribution >= 4 is 12.6 Å². The van der Waals surface area contributed by atoms with Crippen LogP contribution in [0.15, 0.2) is 17.0 Å². The minimum absolute atomic E-state index is 0.386. The van der Waals surface area contributed by atoms with Gasteiger partial charge in [0, 0.05) is 4.90 Å². The Morgan fingerprint density at radius 3 is 1.53 bits per heavy atom. The van der Waals surface area contributed by atoms with E-state index in [1.54, 1.807) is 0 Å². The zero-order valence-electron chi connectivity index (χ0n) is 7.82. The predicted molar refractivity (Wildman–Crippen MR) is 48.4 cm³/mol. The van der Waals surface area contributed by atoms with Crippen molar-refractivity contribution in [1.29, 1.82) is 5.26 Å². The lowest BCUT2D eigenvalue weighted by molar-refractivity contribution is -0.143. The lowest BCUT2D eigenvalue weighted by atomic mass is 10.0. The molecule has 1 aromatic rings. The van der Waals surface area contributed by atoms with Gasteiger partial charge in [-0.15, -0.1) is 12.6 Å². The number of rotatable bonds is 0. The summed E-state index contributed by atoms with van der Waals surface area (Å²) in [6.45, 7) is 0. The first-order valence-corrected chi connectivity index (χ1v) is 4.43. The maximum atomic E-state index is 12.4. The van der Waals surface area contributed by atoms with E-state index in [0.717, 1.165) is 6.07 Å². The summed E-state index contributed by atoms with van der Waals surface area (Å²) in [6.07, 6.45) is -10.1. The molecule has 0 atom stereocenters. The molecule has 0 radical (unpaired) electrons. The summed E-state index contributed by atoms with van der Waals surface area (Å²) < 4.78 is 74.6. The second-order valence-electron chi connectivity index (χ2n) is 3.02. The molecule has 0 aliphatic rings. The summed E-state index contributed by atoms with van der Waals surface area (Å²) >= 11 is 3.46. The Labute approximate surface area is 97.1 Å². The first-order chi connectivity index (χ1) is 7.57. The van der Waals surface area contributed by atoms with Crippen molar-refractivity contribution in [3.05, 3.63) is 28.8 Å². The molecule has 0 aliphatic heterocycles. The van der Waals surface area contributed by atoms with Gasteiger partial charge in [0.05, 0.1) is 16.7 Å². The second kappa shape index (κ2) is 4.14. The number of benzene rings is 1. The molecule has 0 aliphatic carbocycles. The summed E-state index contributed by atoms with van der Waals surface area (Å²) in [5.41, 5.74) is -4.72. The maximum Gasteiger partial charge on any atom is 0.417 e. The van der Waals surface area contributed by atoms with Crippen LogP contribution < -0.4 is 0 Å². The van der Waals surface area contributed by atoms with Gasteiger partial charge in [-0.25, -0.2) is 0 Å². The molecule has 0 saturated heterocycles. The topological polar surface area (TPSA) is 23.8 Å². The number of nitrogens with zero attached hydrogens (tertiary/aromatic N) is 1. The van der Waals surface area contributed by atoms with Crippen LogP contribution in [-0.4, -0.2) is 0 Å². The summed E-state index contributed by atoms with van der Waals surface area (Å²) in [6, 6.07) is 1.70. The number of nitriles is 1. The lowest BCUT2D eigenvalue weighted by Gasteiger charge is -2.15. The highest BCUT2D eigenvalue weighted by molar-refractivity contribution is 7.80. The quantitative estimate of drug-likeness (QED) is 0.561. The minimum atomic E-state index is -5.04. The first kappa shape index (κ1) is 13.7. The third kappa shape index (κ3) is 2.85. The summed E-state index contributed by atoms with van der Waals surface area (Å²) in [5.74, 6) is 0. The maximum absolute atomic E-state index is 12.4. The fourth-order valence-electron chi connectivity index (χ4n) is 1.19. The second-order valence-corrected chi connectivity index (χ2v) is 3.54.